The van der Waals surface area contributed by atoms with Gasteiger partial charge >= 0.3 is 0 Å². The van der Waals surface area contributed by atoms with Gasteiger partial charge in [0.15, 0.2) is 10.8 Å². The van der Waals surface area contributed by atoms with Crippen molar-refractivity contribution in [1.82, 2.24) is 14.6 Å². The van der Waals surface area contributed by atoms with Crippen LogP contribution in [0.5, 0.6) is 0 Å². The highest BCUT2D eigenvalue weighted by Crippen LogP contribution is 2.29. The van der Waals surface area contributed by atoms with Gasteiger partial charge in [-0.3, -0.25) is 9.20 Å². The number of amides is 1. The molecule has 1 atom stereocenters. The lowest BCUT2D eigenvalue weighted by Crippen LogP contribution is -2.25. The van der Waals surface area contributed by atoms with Crippen LogP contribution < -0.4 is 5.32 Å². The Hall–Kier alpha value is -2.86. The predicted molar refractivity (Wildman–Crippen MR) is 120 cm³/mol. The van der Waals surface area contributed by atoms with E-state index in [4.69, 9.17) is 0 Å². The number of hydrogen-bond acceptors (Lipinski definition) is 4. The zero-order chi connectivity index (χ0) is 20.5. The summed E-state index contributed by atoms with van der Waals surface area (Å²) in [6, 6.07) is 16.3. The molecule has 0 saturated carbocycles. The van der Waals surface area contributed by atoms with Crippen molar-refractivity contribution >= 4 is 39.9 Å². The van der Waals surface area contributed by atoms with Crippen molar-refractivity contribution in [1.29, 1.82) is 0 Å². The zero-order valence-corrected chi connectivity index (χ0v) is 17.9. The molecule has 1 unspecified atom stereocenters. The lowest BCUT2D eigenvalue weighted by atomic mass is 10.0. The van der Waals surface area contributed by atoms with Crippen molar-refractivity contribution in [2.24, 2.45) is 0 Å². The van der Waals surface area contributed by atoms with Crippen molar-refractivity contribution in [3.63, 3.8) is 0 Å². The molecule has 6 heteroatoms. The van der Waals surface area contributed by atoms with E-state index in [1.54, 1.807) is 0 Å². The predicted octanol–water partition coefficient (Wildman–Crippen LogP) is 5.32. The Kier molecular flexibility index (Phi) is 5.28. The number of aryl methyl sites for hydroxylation is 3. The Morgan fingerprint density at radius 1 is 1.07 bits per heavy atom. The first-order valence-corrected chi connectivity index (χ1v) is 10.6. The highest BCUT2D eigenvalue weighted by Gasteiger charge is 2.22. The molecule has 1 N–H and O–H groups in total. The van der Waals surface area contributed by atoms with Gasteiger partial charge in [-0.2, -0.15) is 0 Å². The van der Waals surface area contributed by atoms with Crippen LogP contribution >= 0.6 is 11.8 Å². The molecule has 0 fully saturated rings. The van der Waals surface area contributed by atoms with Crippen LogP contribution in [0.4, 0.5) is 5.69 Å². The quantitative estimate of drug-likeness (QED) is 0.458. The van der Waals surface area contributed by atoms with Crippen LogP contribution in [-0.2, 0) is 4.79 Å². The van der Waals surface area contributed by atoms with Gasteiger partial charge in [-0.1, -0.05) is 54.6 Å². The summed E-state index contributed by atoms with van der Waals surface area (Å²) in [5, 5.41) is 13.4. The van der Waals surface area contributed by atoms with Crippen molar-refractivity contribution in [2.75, 3.05) is 5.32 Å². The third-order valence-electron chi connectivity index (χ3n) is 5.08. The maximum Gasteiger partial charge on any atom is 0.237 e. The van der Waals surface area contributed by atoms with Crippen LogP contribution in [0, 0.1) is 20.8 Å². The zero-order valence-electron chi connectivity index (χ0n) is 17.1. The number of thioether (sulfide) groups is 1. The second kappa shape index (κ2) is 7.87. The molecule has 4 aromatic rings. The lowest BCUT2D eigenvalue weighted by Gasteiger charge is -2.17. The summed E-state index contributed by atoms with van der Waals surface area (Å²) >= 11 is 1.46. The van der Waals surface area contributed by atoms with Crippen molar-refractivity contribution < 1.29 is 4.79 Å². The molecule has 1 amide bonds. The first-order valence-electron chi connectivity index (χ1n) is 9.76. The number of benzene rings is 2. The summed E-state index contributed by atoms with van der Waals surface area (Å²) < 4.78 is 2.03. The van der Waals surface area contributed by atoms with Gasteiger partial charge in [-0.25, -0.2) is 0 Å². The Morgan fingerprint density at radius 2 is 1.79 bits per heavy atom. The molecule has 0 saturated heterocycles. The van der Waals surface area contributed by atoms with E-state index in [2.05, 4.69) is 46.7 Å². The summed E-state index contributed by atoms with van der Waals surface area (Å²) in [5.41, 5.74) is 6.08. The lowest BCUT2D eigenvalue weighted by molar-refractivity contribution is -0.115. The SMILES string of the molecule is CCC(Sc1nnc2ccc3ccccc3n12)C(=O)Nc1c(C)cc(C)cc1C. The van der Waals surface area contributed by atoms with Crippen LogP contribution in [0.25, 0.3) is 16.6 Å². The van der Waals surface area contributed by atoms with E-state index < -0.39 is 0 Å². The number of fused-ring (bicyclic) bond motifs is 3. The molecule has 29 heavy (non-hydrogen) atoms. The summed E-state index contributed by atoms with van der Waals surface area (Å²) in [7, 11) is 0. The van der Waals surface area contributed by atoms with Gasteiger partial charge in [0.25, 0.3) is 0 Å². The number of aromatic nitrogens is 3. The van der Waals surface area contributed by atoms with Gasteiger partial charge in [0.1, 0.15) is 0 Å². The minimum absolute atomic E-state index is 0.00969. The highest BCUT2D eigenvalue weighted by atomic mass is 32.2. The highest BCUT2D eigenvalue weighted by molar-refractivity contribution is 8.00. The molecular weight excluding hydrogens is 380 g/mol. The molecule has 2 aromatic carbocycles. The summed E-state index contributed by atoms with van der Waals surface area (Å²) in [6.07, 6.45) is 0.695. The Bertz CT molecular complexity index is 1190. The second-order valence-electron chi connectivity index (χ2n) is 7.35. The van der Waals surface area contributed by atoms with E-state index in [0.29, 0.717) is 6.42 Å². The fourth-order valence-electron chi connectivity index (χ4n) is 3.72. The normalized spacial score (nSPS) is 12.4. The van der Waals surface area contributed by atoms with Crippen molar-refractivity contribution in [3.8, 4) is 0 Å². The molecule has 0 aliphatic rings. The average Bonchev–Trinajstić information content (AvgIpc) is 3.12. The van der Waals surface area contributed by atoms with Crippen LogP contribution in [-0.4, -0.2) is 25.8 Å². The monoisotopic (exact) mass is 404 g/mol. The summed E-state index contributed by atoms with van der Waals surface area (Å²) in [6.45, 7) is 8.15. The maximum absolute atomic E-state index is 13.1. The molecule has 0 bridgehead atoms. The number of para-hydroxylation sites is 1. The van der Waals surface area contributed by atoms with Crippen molar-refractivity contribution in [2.45, 2.75) is 44.5 Å². The Balaban J connectivity index is 1.64. The smallest absolute Gasteiger partial charge is 0.237 e. The van der Waals surface area contributed by atoms with E-state index in [9.17, 15) is 4.79 Å². The minimum Gasteiger partial charge on any atom is -0.325 e. The molecule has 0 radical (unpaired) electrons. The number of pyridine rings is 1. The van der Waals surface area contributed by atoms with E-state index in [1.165, 1.54) is 17.3 Å². The van der Waals surface area contributed by atoms with E-state index >= 15 is 0 Å². The minimum atomic E-state index is -0.263. The van der Waals surface area contributed by atoms with E-state index in [-0.39, 0.29) is 11.2 Å². The third-order valence-corrected chi connectivity index (χ3v) is 6.39. The van der Waals surface area contributed by atoms with E-state index in [0.717, 1.165) is 38.5 Å². The van der Waals surface area contributed by atoms with Crippen molar-refractivity contribution in [3.05, 3.63) is 65.2 Å². The standard InChI is InChI=1S/C23H24N4OS/c1-5-19(22(28)24-21-15(3)12-14(2)13-16(21)4)29-23-26-25-20-11-10-17-8-6-7-9-18(17)27(20)23/h6-13,19H,5H2,1-4H3,(H,24,28). The number of nitrogens with one attached hydrogen (secondary N) is 1. The third kappa shape index (κ3) is 3.72. The van der Waals surface area contributed by atoms with E-state index in [1.807, 2.05) is 49.4 Å². The molecule has 0 aliphatic carbocycles. The van der Waals surface area contributed by atoms with Crippen LogP contribution in [0.1, 0.15) is 30.0 Å². The Labute approximate surface area is 174 Å². The average molecular weight is 405 g/mol. The van der Waals surface area contributed by atoms with Crippen LogP contribution in [0.3, 0.4) is 0 Å². The number of carbonyl (C=O) groups is 1. The number of anilines is 1. The molecule has 2 heterocycles. The molecule has 4 rings (SSSR count). The second-order valence-corrected chi connectivity index (χ2v) is 8.52. The first kappa shape index (κ1) is 19.5. The maximum atomic E-state index is 13.1. The molecule has 5 nitrogen and oxygen atoms in total. The molecule has 2 aromatic heterocycles. The molecule has 0 spiro atoms. The van der Waals surface area contributed by atoms with Crippen LogP contribution in [0.2, 0.25) is 0 Å². The molecule has 0 aliphatic heterocycles. The molecule has 148 valence electrons. The fraction of sp³-hybridized carbons (Fsp3) is 0.261. The van der Waals surface area contributed by atoms with Gasteiger partial charge in [-0.05, 0) is 61.9 Å². The topological polar surface area (TPSA) is 59.3 Å². The van der Waals surface area contributed by atoms with Gasteiger partial charge in [-0.15, -0.1) is 10.2 Å². The summed E-state index contributed by atoms with van der Waals surface area (Å²) in [5.74, 6) is -0.00969. The van der Waals surface area contributed by atoms with Crippen LogP contribution in [0.15, 0.2) is 53.7 Å². The number of rotatable bonds is 5. The number of carbonyl (C=O) groups excluding carboxylic acids is 1. The Morgan fingerprint density at radius 3 is 2.52 bits per heavy atom. The number of hydrogen-bond donors (Lipinski definition) is 1. The van der Waals surface area contributed by atoms with Gasteiger partial charge in [0, 0.05) is 5.69 Å². The first-order chi connectivity index (χ1) is 14.0. The fourth-order valence-corrected chi connectivity index (χ4v) is 4.69. The number of nitrogens with zero attached hydrogens (tertiary/aromatic N) is 3. The van der Waals surface area contributed by atoms with Gasteiger partial charge in [0.2, 0.25) is 5.91 Å². The van der Waals surface area contributed by atoms with Gasteiger partial charge in [0.05, 0.1) is 10.8 Å². The van der Waals surface area contributed by atoms with Gasteiger partial charge < -0.3 is 5.32 Å². The molecular formula is C23H24N4OS. The summed E-state index contributed by atoms with van der Waals surface area (Å²) in [4.78, 5) is 13.1. The largest absolute Gasteiger partial charge is 0.325 e.